The topological polar surface area (TPSA) is 230 Å². The van der Waals surface area contributed by atoms with Crippen molar-refractivity contribution in [2.75, 3.05) is 12.3 Å². The van der Waals surface area contributed by atoms with Crippen molar-refractivity contribution in [3.05, 3.63) is 36.0 Å². The summed E-state index contributed by atoms with van der Waals surface area (Å²) in [5.41, 5.74) is 12.8. The Morgan fingerprint density at radius 1 is 0.897 bits per heavy atom. The van der Waals surface area contributed by atoms with E-state index in [1.807, 2.05) is 24.3 Å². The Hall–Kier alpha value is -3.62. The zero-order valence-electron chi connectivity index (χ0n) is 21.4. The molecule has 1 aromatic heterocycles. The van der Waals surface area contributed by atoms with Gasteiger partial charge in [-0.3, -0.25) is 19.2 Å². The number of carbonyl (C=O) groups excluding carboxylic acids is 3. The van der Waals surface area contributed by atoms with E-state index in [1.54, 1.807) is 6.20 Å². The fraction of sp³-hybridized carbons (Fsp3) is 0.480. The first-order valence-corrected chi connectivity index (χ1v) is 13.2. The monoisotopic (exact) mass is 564 g/mol. The van der Waals surface area contributed by atoms with E-state index in [0.29, 0.717) is 24.9 Å². The highest BCUT2D eigenvalue weighted by Gasteiger charge is 2.31. The van der Waals surface area contributed by atoms with Crippen LogP contribution in [0.5, 0.6) is 0 Å². The van der Waals surface area contributed by atoms with Gasteiger partial charge < -0.3 is 42.6 Å². The van der Waals surface area contributed by atoms with Gasteiger partial charge in [-0.25, -0.2) is 4.79 Å². The average Bonchev–Trinajstić information content (AvgIpc) is 3.31. The molecule has 0 saturated heterocycles. The number of fused-ring (bicyclic) bond motifs is 1. The summed E-state index contributed by atoms with van der Waals surface area (Å²) >= 11 is 4.02. The third kappa shape index (κ3) is 9.89. The minimum Gasteiger partial charge on any atom is -0.481 e. The molecule has 0 fully saturated rings. The Balaban J connectivity index is 2.27. The lowest BCUT2D eigenvalue weighted by molar-refractivity contribution is -0.143. The Labute approximate surface area is 230 Å². The van der Waals surface area contributed by atoms with E-state index in [-0.39, 0.29) is 25.0 Å². The number of rotatable bonds is 17. The molecule has 4 unspecified atom stereocenters. The van der Waals surface area contributed by atoms with E-state index in [9.17, 15) is 29.1 Å². The van der Waals surface area contributed by atoms with Crippen molar-refractivity contribution in [2.24, 2.45) is 11.5 Å². The van der Waals surface area contributed by atoms with E-state index >= 15 is 0 Å². The molecule has 0 spiro atoms. The lowest BCUT2D eigenvalue weighted by Gasteiger charge is -2.25. The van der Waals surface area contributed by atoms with Crippen molar-refractivity contribution < 1.29 is 34.2 Å². The molecule has 2 aromatic rings. The minimum atomic E-state index is -1.37. The van der Waals surface area contributed by atoms with E-state index in [1.165, 1.54) is 0 Å². The van der Waals surface area contributed by atoms with Crippen molar-refractivity contribution in [1.29, 1.82) is 0 Å². The molecule has 2 rings (SSSR count). The van der Waals surface area contributed by atoms with Crippen LogP contribution in [0, 0.1) is 0 Å². The van der Waals surface area contributed by atoms with Gasteiger partial charge in [-0.15, -0.1) is 0 Å². The summed E-state index contributed by atoms with van der Waals surface area (Å²) in [6.45, 7) is 0.359. The molecule has 0 bridgehead atoms. The van der Waals surface area contributed by atoms with Gasteiger partial charge in [-0.1, -0.05) is 18.2 Å². The number of hydrogen-bond donors (Lipinski definition) is 9. The number of H-pyrrole nitrogens is 1. The van der Waals surface area contributed by atoms with Gasteiger partial charge in [0.05, 0.1) is 6.04 Å². The zero-order valence-corrected chi connectivity index (χ0v) is 22.3. The van der Waals surface area contributed by atoms with Gasteiger partial charge in [0.25, 0.3) is 0 Å². The molecule has 0 aliphatic carbocycles. The van der Waals surface area contributed by atoms with E-state index < -0.39 is 60.2 Å². The maximum absolute atomic E-state index is 13.4. The maximum Gasteiger partial charge on any atom is 0.326 e. The molecule has 0 radical (unpaired) electrons. The number of aromatic amines is 1. The quantitative estimate of drug-likeness (QED) is 0.0889. The van der Waals surface area contributed by atoms with E-state index in [0.717, 1.165) is 10.9 Å². The molecular weight excluding hydrogens is 528 g/mol. The van der Waals surface area contributed by atoms with Gasteiger partial charge in [0.2, 0.25) is 17.7 Å². The summed E-state index contributed by atoms with van der Waals surface area (Å²) in [5.74, 6) is -4.70. The highest BCUT2D eigenvalue weighted by Crippen LogP contribution is 2.19. The predicted octanol–water partition coefficient (Wildman–Crippen LogP) is -0.500. The number of carbonyl (C=O) groups is 5. The summed E-state index contributed by atoms with van der Waals surface area (Å²) in [6, 6.07) is 2.56. The van der Waals surface area contributed by atoms with Gasteiger partial charge in [0.1, 0.15) is 18.1 Å². The molecular formula is C25H36N6O7S. The second-order valence-electron chi connectivity index (χ2n) is 9.09. The van der Waals surface area contributed by atoms with Crippen molar-refractivity contribution in [3.63, 3.8) is 0 Å². The maximum atomic E-state index is 13.4. The van der Waals surface area contributed by atoms with Crippen LogP contribution in [0.25, 0.3) is 10.9 Å². The minimum absolute atomic E-state index is 0.0254. The highest BCUT2D eigenvalue weighted by molar-refractivity contribution is 7.80. The van der Waals surface area contributed by atoms with Crippen LogP contribution in [-0.4, -0.2) is 81.3 Å². The SMILES string of the molecule is NCCCCC(NC(=O)C(CCC(=O)O)NC(=O)C(Cc1c[nH]c2ccccc12)NC(=O)C(N)CS)C(=O)O. The number of aliphatic carboxylic acids is 2. The number of nitrogens with two attached hydrogens (primary N) is 2. The highest BCUT2D eigenvalue weighted by atomic mass is 32.1. The lowest BCUT2D eigenvalue weighted by atomic mass is 10.0. The van der Waals surface area contributed by atoms with Crippen molar-refractivity contribution in [3.8, 4) is 0 Å². The van der Waals surface area contributed by atoms with Crippen molar-refractivity contribution >= 4 is 53.2 Å². The molecule has 0 aliphatic rings. The summed E-state index contributed by atoms with van der Waals surface area (Å²) in [4.78, 5) is 64.9. The molecule has 0 saturated carbocycles. The van der Waals surface area contributed by atoms with Gasteiger partial charge in [0, 0.05) is 35.7 Å². The fourth-order valence-electron chi connectivity index (χ4n) is 3.92. The van der Waals surface area contributed by atoms with Gasteiger partial charge in [0.15, 0.2) is 0 Å². The Morgan fingerprint density at radius 3 is 2.18 bits per heavy atom. The van der Waals surface area contributed by atoms with Crippen LogP contribution in [-0.2, 0) is 30.4 Å². The zero-order chi connectivity index (χ0) is 28.9. The Bertz CT molecular complexity index is 1160. The Morgan fingerprint density at radius 2 is 1.54 bits per heavy atom. The van der Waals surface area contributed by atoms with Gasteiger partial charge >= 0.3 is 11.9 Å². The van der Waals surface area contributed by atoms with E-state index in [2.05, 4.69) is 33.6 Å². The van der Waals surface area contributed by atoms with Crippen LogP contribution in [0.1, 0.15) is 37.7 Å². The first-order chi connectivity index (χ1) is 18.6. The molecule has 39 heavy (non-hydrogen) atoms. The summed E-state index contributed by atoms with van der Waals surface area (Å²) < 4.78 is 0. The summed E-state index contributed by atoms with van der Waals surface area (Å²) in [5, 5.41) is 26.9. The number of carboxylic acids is 2. The number of hydrogen-bond acceptors (Lipinski definition) is 8. The number of aromatic nitrogens is 1. The van der Waals surface area contributed by atoms with Crippen molar-refractivity contribution in [1.82, 2.24) is 20.9 Å². The molecule has 0 aliphatic heterocycles. The molecule has 1 aromatic carbocycles. The summed E-state index contributed by atoms with van der Waals surface area (Å²) in [6.07, 6.45) is 2.08. The van der Waals surface area contributed by atoms with Crippen LogP contribution in [0.4, 0.5) is 0 Å². The van der Waals surface area contributed by atoms with Crippen LogP contribution in [0.3, 0.4) is 0 Å². The third-order valence-corrected chi connectivity index (χ3v) is 6.50. The number of thiol groups is 1. The van der Waals surface area contributed by atoms with Crippen LogP contribution in [0.2, 0.25) is 0 Å². The van der Waals surface area contributed by atoms with Crippen LogP contribution in [0.15, 0.2) is 30.5 Å². The standard InChI is InChI=1S/C25H36N6O7S/c26-10-4-3-7-19(25(37)38)30-23(35)18(8-9-21(32)33)29-24(36)20(31-22(34)16(27)13-39)11-14-12-28-17-6-2-1-5-15(14)17/h1-2,5-6,12,16,18-20,28,39H,3-4,7-11,13,26-27H2,(H,29,36)(H,30,35)(H,31,34)(H,32,33)(H,37,38). The average molecular weight is 565 g/mol. The molecule has 10 N–H and O–H groups in total. The second-order valence-corrected chi connectivity index (χ2v) is 9.46. The number of benzene rings is 1. The second kappa shape index (κ2) is 15.7. The first-order valence-electron chi connectivity index (χ1n) is 12.5. The number of carboxylic acid groups (broad SMARTS) is 2. The molecule has 214 valence electrons. The summed E-state index contributed by atoms with van der Waals surface area (Å²) in [7, 11) is 0. The first kappa shape index (κ1) is 31.6. The van der Waals surface area contributed by atoms with Crippen LogP contribution >= 0.6 is 12.6 Å². The van der Waals surface area contributed by atoms with E-state index in [4.69, 9.17) is 16.6 Å². The number of para-hydroxylation sites is 1. The number of nitrogens with one attached hydrogen (secondary N) is 4. The van der Waals surface area contributed by atoms with Gasteiger partial charge in [-0.2, -0.15) is 12.6 Å². The largest absolute Gasteiger partial charge is 0.481 e. The lowest BCUT2D eigenvalue weighted by Crippen LogP contribution is -2.57. The van der Waals surface area contributed by atoms with Gasteiger partial charge in [-0.05, 0) is 43.9 Å². The molecule has 3 amide bonds. The normalized spacial score (nSPS) is 14.1. The molecule has 13 nitrogen and oxygen atoms in total. The molecule has 1 heterocycles. The third-order valence-electron chi connectivity index (χ3n) is 6.11. The number of unbranched alkanes of at least 4 members (excludes halogenated alkanes) is 1. The predicted molar refractivity (Wildman–Crippen MR) is 147 cm³/mol. The number of amides is 3. The fourth-order valence-corrected chi connectivity index (χ4v) is 4.09. The smallest absolute Gasteiger partial charge is 0.326 e. The van der Waals surface area contributed by atoms with Crippen LogP contribution < -0.4 is 27.4 Å². The van der Waals surface area contributed by atoms with Crippen molar-refractivity contribution in [2.45, 2.75) is 62.7 Å². The molecule has 14 heteroatoms. The Kier molecular flexibility index (Phi) is 12.7. The molecule has 4 atom stereocenters.